The monoisotopic (exact) mass is 232 g/mol. The molecule has 4 nitrogen and oxygen atoms in total. The van der Waals surface area contributed by atoms with Crippen molar-refractivity contribution in [2.75, 3.05) is 17.7 Å². The average Bonchev–Trinajstić information content (AvgIpc) is 2.33. The third-order valence-corrected chi connectivity index (χ3v) is 2.36. The van der Waals surface area contributed by atoms with Gasteiger partial charge in [0.2, 0.25) is 5.95 Å². The van der Waals surface area contributed by atoms with Crippen LogP contribution in [0.2, 0.25) is 0 Å². The van der Waals surface area contributed by atoms with Crippen LogP contribution < -0.4 is 10.6 Å². The molecule has 2 rings (SSSR count). The van der Waals surface area contributed by atoms with Crippen LogP contribution in [0.25, 0.3) is 0 Å². The van der Waals surface area contributed by atoms with E-state index in [4.69, 9.17) is 5.73 Å². The van der Waals surface area contributed by atoms with Gasteiger partial charge < -0.3 is 10.6 Å². The van der Waals surface area contributed by atoms with Gasteiger partial charge in [-0.2, -0.15) is 0 Å². The molecule has 0 spiro atoms. The molecule has 17 heavy (non-hydrogen) atoms. The Kier molecular flexibility index (Phi) is 3.18. The SMILES string of the molecule is CN(Cc1ccccc1F)c1ncc(N)cn1. The van der Waals surface area contributed by atoms with Crippen molar-refractivity contribution in [2.45, 2.75) is 6.54 Å². The van der Waals surface area contributed by atoms with E-state index < -0.39 is 0 Å². The molecule has 0 saturated carbocycles. The van der Waals surface area contributed by atoms with Gasteiger partial charge in [-0.15, -0.1) is 0 Å². The van der Waals surface area contributed by atoms with Gasteiger partial charge in [0.15, 0.2) is 0 Å². The molecule has 0 atom stereocenters. The first-order valence-corrected chi connectivity index (χ1v) is 5.19. The Morgan fingerprint density at radius 2 is 1.88 bits per heavy atom. The van der Waals surface area contributed by atoms with E-state index in [9.17, 15) is 4.39 Å². The Morgan fingerprint density at radius 1 is 1.24 bits per heavy atom. The maximum atomic E-state index is 13.4. The number of hydrogen-bond acceptors (Lipinski definition) is 4. The maximum absolute atomic E-state index is 13.4. The Bertz CT molecular complexity index is 498. The van der Waals surface area contributed by atoms with Gasteiger partial charge in [0.25, 0.3) is 0 Å². The van der Waals surface area contributed by atoms with E-state index in [0.29, 0.717) is 23.7 Å². The smallest absolute Gasteiger partial charge is 0.225 e. The Morgan fingerprint density at radius 3 is 2.53 bits per heavy atom. The van der Waals surface area contributed by atoms with Gasteiger partial charge in [0.1, 0.15) is 5.82 Å². The quantitative estimate of drug-likeness (QED) is 0.877. The van der Waals surface area contributed by atoms with Gasteiger partial charge >= 0.3 is 0 Å². The van der Waals surface area contributed by atoms with Gasteiger partial charge in [-0.1, -0.05) is 18.2 Å². The predicted molar refractivity (Wildman–Crippen MR) is 65.0 cm³/mol. The second kappa shape index (κ2) is 4.78. The van der Waals surface area contributed by atoms with Crippen LogP contribution in [0.5, 0.6) is 0 Å². The molecule has 0 aliphatic rings. The largest absolute Gasteiger partial charge is 0.396 e. The zero-order valence-electron chi connectivity index (χ0n) is 9.47. The fraction of sp³-hybridized carbons (Fsp3) is 0.167. The van der Waals surface area contributed by atoms with Crippen LogP contribution in [0, 0.1) is 5.82 Å². The van der Waals surface area contributed by atoms with Crippen LogP contribution in [-0.4, -0.2) is 17.0 Å². The molecular weight excluding hydrogens is 219 g/mol. The Labute approximate surface area is 98.9 Å². The van der Waals surface area contributed by atoms with E-state index in [1.54, 1.807) is 30.1 Å². The standard InChI is InChI=1S/C12H13FN4/c1-17(12-15-6-10(14)7-16-12)8-9-4-2-3-5-11(9)13/h2-7H,8,14H2,1H3. The summed E-state index contributed by atoms with van der Waals surface area (Å²) in [6, 6.07) is 6.64. The first-order valence-electron chi connectivity index (χ1n) is 5.19. The van der Waals surface area contributed by atoms with E-state index in [1.165, 1.54) is 18.5 Å². The molecule has 0 unspecified atom stereocenters. The van der Waals surface area contributed by atoms with Gasteiger partial charge in [-0.3, -0.25) is 0 Å². The summed E-state index contributed by atoms with van der Waals surface area (Å²) in [6.07, 6.45) is 3.06. The third-order valence-electron chi connectivity index (χ3n) is 2.36. The maximum Gasteiger partial charge on any atom is 0.225 e. The molecule has 2 aromatic rings. The zero-order valence-corrected chi connectivity index (χ0v) is 9.47. The van der Waals surface area contributed by atoms with Gasteiger partial charge in [0, 0.05) is 19.2 Å². The lowest BCUT2D eigenvalue weighted by molar-refractivity contribution is 0.607. The highest BCUT2D eigenvalue weighted by Gasteiger charge is 2.07. The second-order valence-electron chi connectivity index (χ2n) is 3.76. The van der Waals surface area contributed by atoms with Crippen LogP contribution in [-0.2, 0) is 6.54 Å². The number of rotatable bonds is 3. The van der Waals surface area contributed by atoms with E-state index in [0.717, 1.165) is 0 Å². The minimum absolute atomic E-state index is 0.227. The van der Waals surface area contributed by atoms with Crippen molar-refractivity contribution in [1.82, 2.24) is 9.97 Å². The topological polar surface area (TPSA) is 55.0 Å². The number of halogens is 1. The van der Waals surface area contributed by atoms with Crippen molar-refractivity contribution < 1.29 is 4.39 Å². The number of hydrogen-bond donors (Lipinski definition) is 1. The highest BCUT2D eigenvalue weighted by Crippen LogP contribution is 2.13. The average molecular weight is 232 g/mol. The zero-order chi connectivity index (χ0) is 12.3. The normalized spacial score (nSPS) is 10.2. The number of nitrogens with two attached hydrogens (primary N) is 1. The molecule has 5 heteroatoms. The van der Waals surface area contributed by atoms with Gasteiger partial charge in [-0.05, 0) is 6.07 Å². The third kappa shape index (κ3) is 2.69. The first-order chi connectivity index (χ1) is 8.16. The number of anilines is 2. The molecule has 0 aliphatic heterocycles. The fourth-order valence-electron chi connectivity index (χ4n) is 1.48. The predicted octanol–water partition coefficient (Wildman–Crippen LogP) is 1.83. The summed E-state index contributed by atoms with van der Waals surface area (Å²) in [5.41, 5.74) is 6.61. The lowest BCUT2D eigenvalue weighted by Crippen LogP contribution is -2.19. The molecule has 1 heterocycles. The molecule has 2 N–H and O–H groups in total. The number of aromatic nitrogens is 2. The molecular formula is C12H13FN4. The highest BCUT2D eigenvalue weighted by molar-refractivity contribution is 5.38. The lowest BCUT2D eigenvalue weighted by Gasteiger charge is -2.17. The molecule has 0 aliphatic carbocycles. The summed E-state index contributed by atoms with van der Waals surface area (Å²) in [5, 5.41) is 0. The van der Waals surface area contributed by atoms with E-state index in [1.807, 2.05) is 0 Å². The Balaban J connectivity index is 2.14. The summed E-state index contributed by atoms with van der Waals surface area (Å²) < 4.78 is 13.4. The van der Waals surface area contributed by atoms with E-state index in [-0.39, 0.29) is 5.82 Å². The second-order valence-corrected chi connectivity index (χ2v) is 3.76. The molecule has 0 amide bonds. The molecule has 88 valence electrons. The molecule has 0 fully saturated rings. The van der Waals surface area contributed by atoms with Crippen molar-refractivity contribution in [2.24, 2.45) is 0 Å². The summed E-state index contributed by atoms with van der Waals surface area (Å²) >= 11 is 0. The van der Waals surface area contributed by atoms with Crippen LogP contribution in [0.1, 0.15) is 5.56 Å². The minimum Gasteiger partial charge on any atom is -0.396 e. The van der Waals surface area contributed by atoms with E-state index in [2.05, 4.69) is 9.97 Å². The summed E-state index contributed by atoms with van der Waals surface area (Å²) in [7, 11) is 1.80. The molecule has 0 saturated heterocycles. The van der Waals surface area contributed by atoms with Crippen molar-refractivity contribution in [3.63, 3.8) is 0 Å². The summed E-state index contributed by atoms with van der Waals surface area (Å²) in [4.78, 5) is 9.90. The summed E-state index contributed by atoms with van der Waals surface area (Å²) in [6.45, 7) is 0.413. The first kappa shape index (κ1) is 11.3. The van der Waals surface area contributed by atoms with E-state index >= 15 is 0 Å². The van der Waals surface area contributed by atoms with Crippen LogP contribution in [0.15, 0.2) is 36.7 Å². The van der Waals surface area contributed by atoms with Gasteiger partial charge in [-0.25, -0.2) is 14.4 Å². The Hall–Kier alpha value is -2.17. The van der Waals surface area contributed by atoms with Crippen molar-refractivity contribution in [3.8, 4) is 0 Å². The number of nitrogen functional groups attached to an aromatic ring is 1. The molecule has 0 bridgehead atoms. The molecule has 0 radical (unpaired) electrons. The molecule has 1 aromatic carbocycles. The van der Waals surface area contributed by atoms with Crippen LogP contribution >= 0.6 is 0 Å². The molecule has 1 aromatic heterocycles. The van der Waals surface area contributed by atoms with Crippen LogP contribution in [0.4, 0.5) is 16.0 Å². The van der Waals surface area contributed by atoms with Crippen molar-refractivity contribution >= 4 is 11.6 Å². The van der Waals surface area contributed by atoms with Gasteiger partial charge in [0.05, 0.1) is 18.1 Å². The van der Waals surface area contributed by atoms with Crippen LogP contribution in [0.3, 0.4) is 0 Å². The van der Waals surface area contributed by atoms with Crippen molar-refractivity contribution in [1.29, 1.82) is 0 Å². The van der Waals surface area contributed by atoms with Crippen molar-refractivity contribution in [3.05, 3.63) is 48.0 Å². The highest BCUT2D eigenvalue weighted by atomic mass is 19.1. The fourth-order valence-corrected chi connectivity index (χ4v) is 1.48. The summed E-state index contributed by atoms with van der Waals surface area (Å²) in [5.74, 6) is 0.289. The minimum atomic E-state index is -0.227. The number of nitrogens with zero attached hydrogens (tertiary/aromatic N) is 3. The lowest BCUT2D eigenvalue weighted by atomic mass is 10.2. The number of benzene rings is 1.